The molecule has 21 heavy (non-hydrogen) atoms. The monoisotopic (exact) mass is 315 g/mol. The van der Waals surface area contributed by atoms with Crippen LogP contribution in [0.1, 0.15) is 27.7 Å². The molecule has 1 atom stereocenters. The Balaban J connectivity index is 2.72. The van der Waals surface area contributed by atoms with E-state index in [4.69, 9.17) is 0 Å². The molecule has 0 fully saturated rings. The molecule has 1 unspecified atom stereocenters. The van der Waals surface area contributed by atoms with Crippen LogP contribution in [-0.2, 0) is 10.0 Å². The summed E-state index contributed by atoms with van der Waals surface area (Å²) >= 11 is 0. The molecular formula is C13H25N5O2S. The summed E-state index contributed by atoms with van der Waals surface area (Å²) in [5.74, 6) is 0.424. The first-order chi connectivity index (χ1) is 9.92. The van der Waals surface area contributed by atoms with Crippen LogP contribution in [0.3, 0.4) is 0 Å². The molecule has 0 saturated heterocycles. The Morgan fingerprint density at radius 3 is 2.24 bits per heavy atom. The predicted octanol–water partition coefficient (Wildman–Crippen LogP) is 0.917. The lowest BCUT2D eigenvalue weighted by molar-refractivity contribution is 0.282. The molecule has 0 aliphatic carbocycles. The first kappa shape index (κ1) is 17.8. The summed E-state index contributed by atoms with van der Waals surface area (Å²) in [5, 5.41) is 2.92. The van der Waals surface area contributed by atoms with Crippen LogP contribution in [0.15, 0.2) is 17.3 Å². The number of nitrogens with zero attached hydrogens (tertiary/aromatic N) is 3. The highest BCUT2D eigenvalue weighted by Gasteiger charge is 2.19. The van der Waals surface area contributed by atoms with Gasteiger partial charge in [-0.15, -0.1) is 0 Å². The molecule has 2 N–H and O–H groups in total. The van der Waals surface area contributed by atoms with Crippen LogP contribution in [0, 0.1) is 0 Å². The highest BCUT2D eigenvalue weighted by Crippen LogP contribution is 2.08. The van der Waals surface area contributed by atoms with Crippen molar-refractivity contribution < 1.29 is 8.42 Å². The van der Waals surface area contributed by atoms with Crippen molar-refractivity contribution in [3.8, 4) is 0 Å². The molecule has 0 aromatic carbocycles. The molecule has 0 radical (unpaired) electrons. The van der Waals surface area contributed by atoms with E-state index in [9.17, 15) is 8.42 Å². The number of hydrogen-bond donors (Lipinski definition) is 2. The number of aromatic nitrogens is 2. The van der Waals surface area contributed by atoms with Gasteiger partial charge in [-0.25, -0.2) is 23.1 Å². The van der Waals surface area contributed by atoms with E-state index in [1.807, 2.05) is 13.8 Å². The zero-order valence-corrected chi connectivity index (χ0v) is 13.9. The van der Waals surface area contributed by atoms with Gasteiger partial charge in [0.2, 0.25) is 16.0 Å². The summed E-state index contributed by atoms with van der Waals surface area (Å²) in [6.07, 6.45) is 2.63. The summed E-state index contributed by atoms with van der Waals surface area (Å²) in [6.45, 7) is 11.0. The third-order valence-electron chi connectivity index (χ3n) is 3.06. The minimum absolute atomic E-state index is 0.0792. The molecule has 7 nitrogen and oxygen atoms in total. The molecule has 1 heterocycles. The maximum atomic E-state index is 12.2. The lowest BCUT2D eigenvalue weighted by Gasteiger charge is -2.23. The summed E-state index contributed by atoms with van der Waals surface area (Å²) in [5.41, 5.74) is 0. The first-order valence-corrected chi connectivity index (χ1v) is 8.71. The Hall–Kier alpha value is -1.25. The van der Waals surface area contributed by atoms with Crippen molar-refractivity contribution in [2.75, 3.05) is 31.5 Å². The number of sulfonamides is 1. The maximum absolute atomic E-state index is 12.2. The van der Waals surface area contributed by atoms with Crippen molar-refractivity contribution in [2.45, 2.75) is 38.6 Å². The third kappa shape index (κ3) is 5.56. The van der Waals surface area contributed by atoms with Gasteiger partial charge in [0.05, 0.1) is 12.4 Å². The van der Waals surface area contributed by atoms with Gasteiger partial charge in [-0.1, -0.05) is 13.8 Å². The van der Waals surface area contributed by atoms with Gasteiger partial charge >= 0.3 is 0 Å². The molecule has 0 aliphatic heterocycles. The SMILES string of the molecule is CCNc1ncc(S(=O)(=O)NC(C)CN(CC)CC)cn1. The van der Waals surface area contributed by atoms with Crippen molar-refractivity contribution >= 4 is 16.0 Å². The van der Waals surface area contributed by atoms with Gasteiger partial charge < -0.3 is 10.2 Å². The topological polar surface area (TPSA) is 87.2 Å². The summed E-state index contributed by atoms with van der Waals surface area (Å²) in [6, 6.07) is -0.177. The third-order valence-corrected chi connectivity index (χ3v) is 4.60. The van der Waals surface area contributed by atoms with E-state index in [1.54, 1.807) is 0 Å². The van der Waals surface area contributed by atoms with E-state index < -0.39 is 10.0 Å². The lowest BCUT2D eigenvalue weighted by atomic mass is 10.3. The fourth-order valence-corrected chi connectivity index (χ4v) is 3.07. The van der Waals surface area contributed by atoms with E-state index in [0.717, 1.165) is 13.1 Å². The molecule has 1 aromatic heterocycles. The van der Waals surface area contributed by atoms with Crippen LogP contribution < -0.4 is 10.0 Å². The van der Waals surface area contributed by atoms with Gasteiger partial charge in [-0.05, 0) is 26.9 Å². The quantitative estimate of drug-likeness (QED) is 0.704. The Kier molecular flexibility index (Phi) is 7.00. The Morgan fingerprint density at radius 1 is 1.19 bits per heavy atom. The van der Waals surface area contributed by atoms with Crippen LogP contribution in [-0.4, -0.2) is 55.5 Å². The Morgan fingerprint density at radius 2 is 1.76 bits per heavy atom. The lowest BCUT2D eigenvalue weighted by Crippen LogP contribution is -2.41. The zero-order valence-electron chi connectivity index (χ0n) is 13.1. The largest absolute Gasteiger partial charge is 0.355 e. The molecule has 1 aromatic rings. The Labute approximate surface area is 127 Å². The number of rotatable bonds is 9. The number of hydrogen-bond acceptors (Lipinski definition) is 6. The van der Waals surface area contributed by atoms with Crippen LogP contribution in [0.25, 0.3) is 0 Å². The molecule has 1 rings (SSSR count). The van der Waals surface area contributed by atoms with Gasteiger partial charge in [-0.3, -0.25) is 0 Å². The highest BCUT2D eigenvalue weighted by atomic mass is 32.2. The van der Waals surface area contributed by atoms with E-state index in [-0.39, 0.29) is 10.9 Å². The van der Waals surface area contributed by atoms with Gasteiger partial charge in [0, 0.05) is 19.1 Å². The molecular weight excluding hydrogens is 290 g/mol. The van der Waals surface area contributed by atoms with Crippen molar-refractivity contribution in [3.63, 3.8) is 0 Å². The van der Waals surface area contributed by atoms with E-state index in [0.29, 0.717) is 19.0 Å². The minimum Gasteiger partial charge on any atom is -0.355 e. The molecule has 0 saturated carbocycles. The Bertz CT molecular complexity index is 514. The summed E-state index contributed by atoms with van der Waals surface area (Å²) in [4.78, 5) is 10.2. The average molecular weight is 315 g/mol. The molecule has 0 spiro atoms. The molecule has 0 bridgehead atoms. The normalized spacial score (nSPS) is 13.4. The number of anilines is 1. The van der Waals surface area contributed by atoms with Crippen molar-refractivity contribution in [1.29, 1.82) is 0 Å². The zero-order chi connectivity index (χ0) is 15.9. The van der Waals surface area contributed by atoms with Crippen LogP contribution in [0.5, 0.6) is 0 Å². The van der Waals surface area contributed by atoms with Crippen molar-refractivity contribution in [3.05, 3.63) is 12.4 Å². The second kappa shape index (κ2) is 8.26. The predicted molar refractivity (Wildman–Crippen MR) is 83.8 cm³/mol. The molecule has 8 heteroatoms. The maximum Gasteiger partial charge on any atom is 0.243 e. The fourth-order valence-electron chi connectivity index (χ4n) is 1.94. The standard InChI is InChI=1S/C13H25N5O2S/c1-5-14-13-15-8-12(9-16-13)21(19,20)17-11(4)10-18(6-2)7-3/h8-9,11,17H,5-7,10H2,1-4H3,(H,14,15,16). The van der Waals surface area contributed by atoms with Crippen LogP contribution in [0.2, 0.25) is 0 Å². The number of likely N-dealkylation sites (N-methyl/N-ethyl adjacent to an activating group) is 1. The van der Waals surface area contributed by atoms with E-state index >= 15 is 0 Å². The van der Waals surface area contributed by atoms with Gasteiger partial charge in [0.15, 0.2) is 0 Å². The minimum atomic E-state index is -3.58. The van der Waals surface area contributed by atoms with Crippen molar-refractivity contribution in [1.82, 2.24) is 19.6 Å². The second-order valence-corrected chi connectivity index (χ2v) is 6.49. The van der Waals surface area contributed by atoms with Crippen LogP contribution >= 0.6 is 0 Å². The smallest absolute Gasteiger partial charge is 0.243 e. The van der Waals surface area contributed by atoms with Crippen LogP contribution in [0.4, 0.5) is 5.95 Å². The van der Waals surface area contributed by atoms with E-state index in [1.165, 1.54) is 12.4 Å². The molecule has 120 valence electrons. The molecule has 0 amide bonds. The van der Waals surface area contributed by atoms with Gasteiger partial charge in [0.25, 0.3) is 0 Å². The van der Waals surface area contributed by atoms with Crippen molar-refractivity contribution in [2.24, 2.45) is 0 Å². The number of nitrogens with one attached hydrogen (secondary N) is 2. The van der Waals surface area contributed by atoms with E-state index in [2.05, 4.69) is 38.8 Å². The first-order valence-electron chi connectivity index (χ1n) is 7.23. The second-order valence-electron chi connectivity index (χ2n) is 4.78. The summed E-state index contributed by atoms with van der Waals surface area (Å²) < 4.78 is 27.1. The van der Waals surface area contributed by atoms with Gasteiger partial charge in [-0.2, -0.15) is 0 Å². The summed E-state index contributed by atoms with van der Waals surface area (Å²) in [7, 11) is -3.58. The van der Waals surface area contributed by atoms with Gasteiger partial charge in [0.1, 0.15) is 4.90 Å². The molecule has 0 aliphatic rings. The average Bonchev–Trinajstić information content (AvgIpc) is 2.45. The fraction of sp³-hybridized carbons (Fsp3) is 0.692. The highest BCUT2D eigenvalue weighted by molar-refractivity contribution is 7.89.